The molecule has 0 unspecified atom stereocenters. The van der Waals surface area contributed by atoms with Gasteiger partial charge in [-0.3, -0.25) is 4.79 Å². The van der Waals surface area contributed by atoms with Crippen LogP contribution < -0.4 is 5.32 Å². The van der Waals surface area contributed by atoms with Crippen LogP contribution in [-0.4, -0.2) is 17.0 Å². The highest BCUT2D eigenvalue weighted by atomic mass is 32.1. The molecule has 6 heteroatoms. The van der Waals surface area contributed by atoms with Crippen molar-refractivity contribution in [3.8, 4) is 0 Å². The third-order valence-electron chi connectivity index (χ3n) is 2.10. The molecule has 17 heavy (non-hydrogen) atoms. The Morgan fingerprint density at radius 3 is 2.76 bits per heavy atom. The number of thiophene rings is 2. The van der Waals surface area contributed by atoms with E-state index in [-0.39, 0.29) is 11.5 Å². The Morgan fingerprint density at radius 2 is 2.18 bits per heavy atom. The Morgan fingerprint density at radius 1 is 1.41 bits per heavy atom. The number of rotatable bonds is 3. The molecule has 2 aromatic heterocycles. The predicted molar refractivity (Wildman–Crippen MR) is 68.3 cm³/mol. The number of carboxylic acids is 1. The van der Waals surface area contributed by atoms with Gasteiger partial charge in [-0.25, -0.2) is 4.79 Å². The summed E-state index contributed by atoms with van der Waals surface area (Å²) in [7, 11) is 0. The van der Waals surface area contributed by atoms with Crippen molar-refractivity contribution in [2.24, 2.45) is 0 Å². The van der Waals surface area contributed by atoms with Crippen LogP contribution in [0.15, 0.2) is 22.9 Å². The van der Waals surface area contributed by atoms with Crippen molar-refractivity contribution < 1.29 is 14.7 Å². The number of nitrogens with one attached hydrogen (secondary N) is 1. The van der Waals surface area contributed by atoms with Crippen LogP contribution in [0.25, 0.3) is 0 Å². The van der Waals surface area contributed by atoms with E-state index in [9.17, 15) is 9.59 Å². The smallest absolute Gasteiger partial charge is 0.338 e. The Kier molecular flexibility index (Phi) is 3.26. The zero-order valence-electron chi connectivity index (χ0n) is 8.89. The second-order valence-electron chi connectivity index (χ2n) is 3.37. The summed E-state index contributed by atoms with van der Waals surface area (Å²) in [5.74, 6) is -1.31. The summed E-state index contributed by atoms with van der Waals surface area (Å²) in [6.07, 6.45) is 0. The van der Waals surface area contributed by atoms with Crippen molar-refractivity contribution in [3.05, 3.63) is 38.9 Å². The van der Waals surface area contributed by atoms with Gasteiger partial charge in [0.05, 0.1) is 11.1 Å². The standard InChI is InChI=1S/C11H9NO3S2/c1-6-4-8(11(14)15)10(17-6)12-9(13)7-2-3-16-5-7/h2-5H,1H3,(H,12,13)(H,14,15). The number of carbonyl (C=O) groups excluding carboxylic acids is 1. The SMILES string of the molecule is Cc1cc(C(=O)O)c(NC(=O)c2ccsc2)s1. The highest BCUT2D eigenvalue weighted by molar-refractivity contribution is 7.16. The Balaban J connectivity index is 2.24. The lowest BCUT2D eigenvalue weighted by Gasteiger charge is -2.01. The third kappa shape index (κ3) is 2.54. The summed E-state index contributed by atoms with van der Waals surface area (Å²) in [5, 5.41) is 15.5. The Bertz CT molecular complexity index is 557. The third-order valence-corrected chi connectivity index (χ3v) is 3.75. The number of aryl methyl sites for hydroxylation is 1. The summed E-state index contributed by atoms with van der Waals surface area (Å²) in [6, 6.07) is 3.25. The molecule has 2 rings (SSSR count). The van der Waals surface area contributed by atoms with Crippen molar-refractivity contribution >= 4 is 39.6 Å². The van der Waals surface area contributed by atoms with Crippen molar-refractivity contribution in [1.82, 2.24) is 0 Å². The second kappa shape index (κ2) is 4.68. The quantitative estimate of drug-likeness (QED) is 0.898. The molecule has 0 spiro atoms. The minimum atomic E-state index is -1.03. The number of carboxylic acid groups (broad SMARTS) is 1. The predicted octanol–water partition coefficient (Wildman–Crippen LogP) is 3.07. The number of aromatic carboxylic acids is 1. The van der Waals surface area contributed by atoms with Crippen LogP contribution in [-0.2, 0) is 0 Å². The molecule has 0 aliphatic heterocycles. The maximum Gasteiger partial charge on any atom is 0.338 e. The summed E-state index contributed by atoms with van der Waals surface area (Å²) in [5.41, 5.74) is 0.675. The van der Waals surface area contributed by atoms with Gasteiger partial charge in [0, 0.05) is 10.3 Å². The van der Waals surface area contributed by atoms with Gasteiger partial charge < -0.3 is 10.4 Å². The average molecular weight is 267 g/mol. The van der Waals surface area contributed by atoms with E-state index in [2.05, 4.69) is 5.32 Å². The van der Waals surface area contributed by atoms with Crippen LogP contribution in [0.4, 0.5) is 5.00 Å². The first-order valence-electron chi connectivity index (χ1n) is 4.75. The number of hydrogen-bond donors (Lipinski definition) is 2. The van der Waals surface area contributed by atoms with E-state index in [1.54, 1.807) is 29.8 Å². The summed E-state index contributed by atoms with van der Waals surface area (Å²) in [4.78, 5) is 23.6. The average Bonchev–Trinajstić information content (AvgIpc) is 2.86. The van der Waals surface area contributed by atoms with Gasteiger partial charge >= 0.3 is 5.97 Å². The lowest BCUT2D eigenvalue weighted by molar-refractivity contribution is 0.0698. The largest absolute Gasteiger partial charge is 0.478 e. The Hall–Kier alpha value is -1.66. The van der Waals surface area contributed by atoms with Crippen molar-refractivity contribution in [3.63, 3.8) is 0 Å². The van der Waals surface area contributed by atoms with E-state index in [0.29, 0.717) is 10.6 Å². The number of hydrogen-bond acceptors (Lipinski definition) is 4. The monoisotopic (exact) mass is 267 g/mol. The van der Waals surface area contributed by atoms with Crippen LogP contribution in [0.1, 0.15) is 25.6 Å². The maximum absolute atomic E-state index is 11.8. The minimum Gasteiger partial charge on any atom is -0.478 e. The zero-order chi connectivity index (χ0) is 12.4. The summed E-state index contributed by atoms with van der Waals surface area (Å²) in [6.45, 7) is 1.80. The number of carbonyl (C=O) groups is 2. The van der Waals surface area contributed by atoms with Gasteiger partial charge in [-0.2, -0.15) is 11.3 Å². The van der Waals surface area contributed by atoms with E-state index >= 15 is 0 Å². The van der Waals surface area contributed by atoms with Crippen molar-refractivity contribution in [1.29, 1.82) is 0 Å². The molecule has 0 aromatic carbocycles. The highest BCUT2D eigenvalue weighted by Crippen LogP contribution is 2.28. The van der Waals surface area contributed by atoms with E-state index in [1.165, 1.54) is 22.7 Å². The zero-order valence-corrected chi connectivity index (χ0v) is 10.5. The fraction of sp³-hybridized carbons (Fsp3) is 0.0909. The molecule has 0 saturated carbocycles. The van der Waals surface area contributed by atoms with E-state index in [1.807, 2.05) is 0 Å². The van der Waals surface area contributed by atoms with Crippen LogP contribution in [0.3, 0.4) is 0 Å². The van der Waals surface area contributed by atoms with Crippen LogP contribution in [0.5, 0.6) is 0 Å². The number of amides is 1. The summed E-state index contributed by atoms with van der Waals surface area (Å²) < 4.78 is 0. The molecule has 2 aromatic rings. The van der Waals surface area contributed by atoms with E-state index in [0.717, 1.165) is 4.88 Å². The molecular weight excluding hydrogens is 258 g/mol. The minimum absolute atomic E-state index is 0.135. The van der Waals surface area contributed by atoms with Crippen LogP contribution >= 0.6 is 22.7 Å². The fourth-order valence-electron chi connectivity index (χ4n) is 1.33. The number of anilines is 1. The van der Waals surface area contributed by atoms with Crippen LogP contribution in [0.2, 0.25) is 0 Å². The second-order valence-corrected chi connectivity index (χ2v) is 5.41. The van der Waals surface area contributed by atoms with E-state index < -0.39 is 5.97 Å². The van der Waals surface area contributed by atoms with Crippen LogP contribution in [0, 0.1) is 6.92 Å². The lowest BCUT2D eigenvalue weighted by Crippen LogP contribution is -2.12. The van der Waals surface area contributed by atoms with Gasteiger partial charge in [0.1, 0.15) is 5.00 Å². The van der Waals surface area contributed by atoms with Gasteiger partial charge in [-0.15, -0.1) is 11.3 Å². The normalized spacial score (nSPS) is 10.2. The van der Waals surface area contributed by atoms with Gasteiger partial charge in [-0.05, 0) is 24.4 Å². The van der Waals surface area contributed by atoms with Gasteiger partial charge in [0.15, 0.2) is 0 Å². The first-order valence-corrected chi connectivity index (χ1v) is 6.51. The molecule has 0 fully saturated rings. The molecule has 0 aliphatic carbocycles. The molecule has 88 valence electrons. The van der Waals surface area contributed by atoms with Crippen molar-refractivity contribution in [2.45, 2.75) is 6.92 Å². The molecule has 0 atom stereocenters. The van der Waals surface area contributed by atoms with Crippen molar-refractivity contribution in [2.75, 3.05) is 5.32 Å². The van der Waals surface area contributed by atoms with E-state index in [4.69, 9.17) is 5.11 Å². The molecule has 2 N–H and O–H groups in total. The molecule has 0 aliphatic rings. The fourth-order valence-corrected chi connectivity index (χ4v) is 2.87. The molecular formula is C11H9NO3S2. The molecule has 4 nitrogen and oxygen atoms in total. The maximum atomic E-state index is 11.8. The molecule has 0 saturated heterocycles. The Labute approximate surface area is 106 Å². The van der Waals surface area contributed by atoms with Gasteiger partial charge in [0.2, 0.25) is 0 Å². The molecule has 0 bridgehead atoms. The van der Waals surface area contributed by atoms with Gasteiger partial charge in [-0.1, -0.05) is 0 Å². The van der Waals surface area contributed by atoms with Gasteiger partial charge in [0.25, 0.3) is 5.91 Å². The molecule has 2 heterocycles. The molecule has 1 amide bonds. The lowest BCUT2D eigenvalue weighted by atomic mass is 10.3. The summed E-state index contributed by atoms with van der Waals surface area (Å²) >= 11 is 2.68. The molecule has 0 radical (unpaired) electrons. The first-order chi connectivity index (χ1) is 8.08. The first kappa shape index (κ1) is 11.8. The topological polar surface area (TPSA) is 66.4 Å². The highest BCUT2D eigenvalue weighted by Gasteiger charge is 2.16.